The van der Waals surface area contributed by atoms with E-state index < -0.39 is 17.8 Å². The maximum Gasteiger partial charge on any atom is 0.305 e. The number of halogens is 2. The van der Waals surface area contributed by atoms with Crippen LogP contribution < -0.4 is 5.32 Å². The minimum Gasteiger partial charge on any atom is -0.481 e. The third kappa shape index (κ3) is 5.51. The van der Waals surface area contributed by atoms with Crippen molar-refractivity contribution < 1.29 is 19.1 Å². The Labute approximate surface area is 160 Å². The largest absolute Gasteiger partial charge is 0.481 e. The highest BCUT2D eigenvalue weighted by Crippen LogP contribution is 2.26. The Morgan fingerprint density at radius 1 is 1.38 bits per heavy atom. The summed E-state index contributed by atoms with van der Waals surface area (Å²) in [5.74, 6) is -2.14. The van der Waals surface area contributed by atoms with Crippen LogP contribution in [0.15, 0.2) is 23.6 Å². The summed E-state index contributed by atoms with van der Waals surface area (Å²) in [5.41, 5.74) is 0.858. The molecular weight excluding hydrogens is 379 g/mol. The average Bonchev–Trinajstić information content (AvgIpc) is 2.97. The van der Waals surface area contributed by atoms with Gasteiger partial charge in [0.05, 0.1) is 34.6 Å². The van der Waals surface area contributed by atoms with E-state index in [9.17, 15) is 14.0 Å². The van der Waals surface area contributed by atoms with Crippen molar-refractivity contribution in [1.29, 1.82) is 0 Å². The molecule has 0 aliphatic heterocycles. The number of rotatable bonds is 6. The number of carbonyl (C=O) groups excluding carboxylic acids is 1. The number of amides is 1. The lowest BCUT2D eigenvalue weighted by molar-refractivity contribution is -0.137. The quantitative estimate of drug-likeness (QED) is 0.767. The summed E-state index contributed by atoms with van der Waals surface area (Å²) in [5, 5.41) is 14.4. The van der Waals surface area contributed by atoms with Gasteiger partial charge in [-0.3, -0.25) is 9.59 Å². The number of hydrogen-bond donors (Lipinski definition) is 2. The van der Waals surface area contributed by atoms with Crippen LogP contribution in [0.2, 0.25) is 5.02 Å². The van der Waals surface area contributed by atoms with Gasteiger partial charge >= 0.3 is 5.97 Å². The first kappa shape index (κ1) is 20.3. The second-order valence-corrected chi connectivity index (χ2v) is 8.23. The number of nitrogens with zero attached hydrogens (tertiary/aromatic N) is 1. The Hall–Kier alpha value is -1.99. The van der Waals surface area contributed by atoms with E-state index in [0.717, 1.165) is 11.1 Å². The minimum atomic E-state index is -1.10. The van der Waals surface area contributed by atoms with Gasteiger partial charge in [0.1, 0.15) is 5.82 Å². The standard InChI is InChI=1S/C18H20ClFN2O3S/c1-18(2,3)17-21-11(9-26-17)7-15(23)22-14(8-16(24)25)10-4-5-12(19)13(20)6-10/h4-6,9,14H,7-8H2,1-3H3,(H,22,23)(H,24,25). The molecule has 8 heteroatoms. The maximum absolute atomic E-state index is 13.7. The molecule has 0 fully saturated rings. The molecule has 0 saturated carbocycles. The van der Waals surface area contributed by atoms with E-state index in [1.165, 1.54) is 23.5 Å². The number of aromatic nitrogens is 1. The van der Waals surface area contributed by atoms with E-state index in [2.05, 4.69) is 10.3 Å². The summed E-state index contributed by atoms with van der Waals surface area (Å²) in [4.78, 5) is 27.9. The van der Waals surface area contributed by atoms with Crippen molar-refractivity contribution in [3.8, 4) is 0 Å². The first-order valence-electron chi connectivity index (χ1n) is 7.97. The van der Waals surface area contributed by atoms with E-state index >= 15 is 0 Å². The van der Waals surface area contributed by atoms with Crippen LogP contribution in [0.4, 0.5) is 4.39 Å². The van der Waals surface area contributed by atoms with Crippen LogP contribution in [-0.4, -0.2) is 22.0 Å². The van der Waals surface area contributed by atoms with Crippen LogP contribution in [0.3, 0.4) is 0 Å². The maximum atomic E-state index is 13.7. The minimum absolute atomic E-state index is 0.0266. The van der Waals surface area contributed by atoms with Crippen LogP contribution in [0.1, 0.15) is 49.5 Å². The number of carbonyl (C=O) groups is 2. The summed E-state index contributed by atoms with van der Waals surface area (Å²) >= 11 is 7.14. The van der Waals surface area contributed by atoms with Gasteiger partial charge in [-0.1, -0.05) is 38.4 Å². The Bertz CT molecular complexity index is 817. The first-order chi connectivity index (χ1) is 12.1. The van der Waals surface area contributed by atoms with E-state index in [1.54, 1.807) is 0 Å². The Balaban J connectivity index is 2.12. The van der Waals surface area contributed by atoms with Crippen molar-refractivity contribution in [2.24, 2.45) is 0 Å². The molecule has 26 heavy (non-hydrogen) atoms. The highest BCUT2D eigenvalue weighted by Gasteiger charge is 2.22. The molecule has 1 amide bonds. The van der Waals surface area contributed by atoms with Crippen molar-refractivity contribution in [2.45, 2.75) is 45.1 Å². The molecule has 0 aliphatic rings. The van der Waals surface area contributed by atoms with E-state index in [1.807, 2.05) is 26.2 Å². The topological polar surface area (TPSA) is 79.3 Å². The molecule has 2 rings (SSSR count). The third-order valence-electron chi connectivity index (χ3n) is 3.60. The predicted molar refractivity (Wildman–Crippen MR) is 99.1 cm³/mol. The van der Waals surface area contributed by atoms with Crippen LogP contribution in [0.5, 0.6) is 0 Å². The molecule has 140 valence electrons. The van der Waals surface area contributed by atoms with Gasteiger partial charge in [-0.05, 0) is 17.7 Å². The zero-order valence-electron chi connectivity index (χ0n) is 14.7. The number of carboxylic acids is 1. The molecule has 1 aromatic heterocycles. The summed E-state index contributed by atoms with van der Waals surface area (Å²) in [7, 11) is 0. The molecule has 0 aliphatic carbocycles. The Morgan fingerprint density at radius 2 is 2.08 bits per heavy atom. The number of hydrogen-bond acceptors (Lipinski definition) is 4. The van der Waals surface area contributed by atoms with Gasteiger partial charge in [-0.15, -0.1) is 11.3 Å². The molecule has 2 aromatic rings. The van der Waals surface area contributed by atoms with Crippen molar-refractivity contribution in [3.05, 3.63) is 50.7 Å². The third-order valence-corrected chi connectivity index (χ3v) is 5.22. The van der Waals surface area contributed by atoms with Crippen molar-refractivity contribution >= 4 is 34.8 Å². The summed E-state index contributed by atoms with van der Waals surface area (Å²) in [6, 6.07) is 3.12. The summed E-state index contributed by atoms with van der Waals surface area (Å²) in [6.45, 7) is 6.11. The Morgan fingerprint density at radius 3 is 2.62 bits per heavy atom. The second kappa shape index (κ2) is 8.14. The Kier molecular flexibility index (Phi) is 6.36. The zero-order chi connectivity index (χ0) is 19.5. The fourth-order valence-electron chi connectivity index (χ4n) is 2.30. The molecule has 1 aromatic carbocycles. The van der Waals surface area contributed by atoms with E-state index in [0.29, 0.717) is 11.3 Å². The number of thiazole rings is 1. The van der Waals surface area contributed by atoms with E-state index in [-0.39, 0.29) is 29.2 Å². The molecular formula is C18H20ClFN2O3S. The van der Waals surface area contributed by atoms with Gasteiger partial charge in [0.15, 0.2) is 0 Å². The lowest BCUT2D eigenvalue weighted by atomic mass is 9.98. The van der Waals surface area contributed by atoms with E-state index in [4.69, 9.17) is 16.7 Å². The van der Waals surface area contributed by atoms with Gasteiger partial charge < -0.3 is 10.4 Å². The molecule has 1 heterocycles. The van der Waals surface area contributed by atoms with Crippen molar-refractivity contribution in [1.82, 2.24) is 10.3 Å². The highest BCUT2D eigenvalue weighted by atomic mass is 35.5. The van der Waals surface area contributed by atoms with Crippen molar-refractivity contribution in [3.63, 3.8) is 0 Å². The predicted octanol–water partition coefficient (Wildman–Crippen LogP) is 4.11. The summed E-state index contributed by atoms with van der Waals surface area (Å²) in [6.07, 6.45) is -0.337. The molecule has 5 nitrogen and oxygen atoms in total. The van der Waals surface area contributed by atoms with Crippen LogP contribution >= 0.6 is 22.9 Å². The summed E-state index contributed by atoms with van der Waals surface area (Å²) < 4.78 is 13.7. The van der Waals surface area contributed by atoms with Crippen LogP contribution in [0.25, 0.3) is 0 Å². The molecule has 1 unspecified atom stereocenters. The fourth-order valence-corrected chi connectivity index (χ4v) is 3.32. The average molecular weight is 399 g/mol. The lowest BCUT2D eigenvalue weighted by Gasteiger charge is -2.17. The van der Waals surface area contributed by atoms with Gasteiger partial charge in [0.25, 0.3) is 0 Å². The normalized spacial score (nSPS) is 12.7. The van der Waals surface area contributed by atoms with Crippen LogP contribution in [-0.2, 0) is 21.4 Å². The number of nitrogens with one attached hydrogen (secondary N) is 1. The SMILES string of the molecule is CC(C)(C)c1nc(CC(=O)NC(CC(=O)O)c2ccc(Cl)c(F)c2)cs1. The number of benzene rings is 1. The smallest absolute Gasteiger partial charge is 0.305 e. The van der Waals surface area contributed by atoms with Gasteiger partial charge in [0, 0.05) is 10.8 Å². The molecule has 1 atom stereocenters. The highest BCUT2D eigenvalue weighted by molar-refractivity contribution is 7.09. The lowest BCUT2D eigenvalue weighted by Crippen LogP contribution is -2.31. The monoisotopic (exact) mass is 398 g/mol. The van der Waals surface area contributed by atoms with Crippen LogP contribution in [0, 0.1) is 5.82 Å². The molecule has 0 spiro atoms. The van der Waals surface area contributed by atoms with Crippen molar-refractivity contribution in [2.75, 3.05) is 0 Å². The van der Waals surface area contributed by atoms with Gasteiger partial charge in [-0.25, -0.2) is 9.37 Å². The zero-order valence-corrected chi connectivity index (χ0v) is 16.2. The fraction of sp³-hybridized carbons (Fsp3) is 0.389. The van der Waals surface area contributed by atoms with Gasteiger partial charge in [0.2, 0.25) is 5.91 Å². The molecule has 0 radical (unpaired) electrons. The number of carboxylic acid groups (broad SMARTS) is 1. The molecule has 2 N–H and O–H groups in total. The second-order valence-electron chi connectivity index (χ2n) is 6.96. The number of aliphatic carboxylic acids is 1. The molecule has 0 bridgehead atoms. The molecule has 0 saturated heterocycles. The first-order valence-corrected chi connectivity index (χ1v) is 9.23. The van der Waals surface area contributed by atoms with Gasteiger partial charge in [-0.2, -0.15) is 0 Å².